The monoisotopic (exact) mass is 363 g/mol. The van der Waals surface area contributed by atoms with Gasteiger partial charge in [0.15, 0.2) is 0 Å². The number of nitrogens with zero attached hydrogens (tertiary/aromatic N) is 2. The van der Waals surface area contributed by atoms with Gasteiger partial charge in [-0.05, 0) is 61.2 Å². The SMILES string of the molecule is Nc1nccc2cc(OC3CCCN(CCOc4ccccc4)C3)ccc12. The summed E-state index contributed by atoms with van der Waals surface area (Å²) in [6.07, 6.45) is 4.15. The van der Waals surface area contributed by atoms with Gasteiger partial charge >= 0.3 is 0 Å². The van der Waals surface area contributed by atoms with Gasteiger partial charge in [0, 0.05) is 24.7 Å². The molecule has 0 aliphatic carbocycles. The fraction of sp³-hybridized carbons (Fsp3) is 0.318. The van der Waals surface area contributed by atoms with E-state index in [1.165, 1.54) is 0 Å². The van der Waals surface area contributed by atoms with E-state index in [4.69, 9.17) is 15.2 Å². The van der Waals surface area contributed by atoms with Crippen molar-refractivity contribution in [2.24, 2.45) is 0 Å². The van der Waals surface area contributed by atoms with E-state index in [9.17, 15) is 0 Å². The Hall–Kier alpha value is -2.79. The minimum absolute atomic E-state index is 0.201. The average Bonchev–Trinajstić information content (AvgIpc) is 2.69. The summed E-state index contributed by atoms with van der Waals surface area (Å²) in [4.78, 5) is 6.55. The molecule has 1 atom stereocenters. The molecule has 5 heteroatoms. The second kappa shape index (κ2) is 8.27. The van der Waals surface area contributed by atoms with E-state index in [2.05, 4.69) is 9.88 Å². The molecule has 0 amide bonds. The van der Waals surface area contributed by atoms with Gasteiger partial charge in [0.05, 0.1) is 0 Å². The summed E-state index contributed by atoms with van der Waals surface area (Å²) in [6, 6.07) is 17.9. The molecule has 1 aromatic heterocycles. The molecule has 2 heterocycles. The number of ether oxygens (including phenoxy) is 2. The lowest BCUT2D eigenvalue weighted by atomic mass is 10.1. The van der Waals surface area contributed by atoms with Crippen molar-refractivity contribution in [3.63, 3.8) is 0 Å². The van der Waals surface area contributed by atoms with Crippen LogP contribution in [0.3, 0.4) is 0 Å². The zero-order valence-corrected chi connectivity index (χ0v) is 15.4. The first-order valence-electron chi connectivity index (χ1n) is 9.49. The van der Waals surface area contributed by atoms with Crippen molar-refractivity contribution in [3.05, 3.63) is 60.8 Å². The van der Waals surface area contributed by atoms with E-state index in [0.29, 0.717) is 12.4 Å². The van der Waals surface area contributed by atoms with Gasteiger partial charge in [-0.25, -0.2) is 4.98 Å². The number of anilines is 1. The Morgan fingerprint density at radius 2 is 1.96 bits per heavy atom. The fourth-order valence-electron chi connectivity index (χ4n) is 3.57. The Morgan fingerprint density at radius 3 is 2.85 bits per heavy atom. The number of nitrogens with two attached hydrogens (primary N) is 1. The molecule has 1 aliphatic rings. The van der Waals surface area contributed by atoms with Gasteiger partial charge in [0.25, 0.3) is 0 Å². The molecule has 1 unspecified atom stereocenters. The molecule has 3 aromatic rings. The lowest BCUT2D eigenvalue weighted by Gasteiger charge is -2.32. The Balaban J connectivity index is 1.32. The van der Waals surface area contributed by atoms with E-state index >= 15 is 0 Å². The van der Waals surface area contributed by atoms with Crippen LogP contribution in [-0.4, -0.2) is 42.2 Å². The maximum Gasteiger partial charge on any atom is 0.131 e. The summed E-state index contributed by atoms with van der Waals surface area (Å²) in [5.41, 5.74) is 5.93. The van der Waals surface area contributed by atoms with Crippen molar-refractivity contribution in [1.29, 1.82) is 0 Å². The Bertz CT molecular complexity index is 885. The highest BCUT2D eigenvalue weighted by molar-refractivity contribution is 5.91. The predicted octanol–water partition coefficient (Wildman–Crippen LogP) is 3.74. The number of rotatable bonds is 6. The smallest absolute Gasteiger partial charge is 0.131 e. The van der Waals surface area contributed by atoms with Crippen molar-refractivity contribution in [2.75, 3.05) is 32.0 Å². The van der Waals surface area contributed by atoms with Crippen LogP contribution in [0.1, 0.15) is 12.8 Å². The highest BCUT2D eigenvalue weighted by Gasteiger charge is 2.21. The van der Waals surface area contributed by atoms with Crippen molar-refractivity contribution in [1.82, 2.24) is 9.88 Å². The standard InChI is InChI=1S/C22H25N3O2/c23-22-21-9-8-19(15-17(21)10-11-24-22)27-20-7-4-12-25(16-20)13-14-26-18-5-2-1-3-6-18/h1-3,5-6,8-11,15,20H,4,7,12-14,16H2,(H2,23,24). The molecule has 0 bridgehead atoms. The van der Waals surface area contributed by atoms with Crippen molar-refractivity contribution in [2.45, 2.75) is 18.9 Å². The normalized spacial score (nSPS) is 17.7. The largest absolute Gasteiger partial charge is 0.492 e. The van der Waals surface area contributed by atoms with Crippen LogP contribution in [0, 0.1) is 0 Å². The van der Waals surface area contributed by atoms with Crippen LogP contribution < -0.4 is 15.2 Å². The molecule has 27 heavy (non-hydrogen) atoms. The maximum atomic E-state index is 6.25. The summed E-state index contributed by atoms with van der Waals surface area (Å²) < 4.78 is 12.1. The quantitative estimate of drug-likeness (QED) is 0.723. The number of likely N-dealkylation sites (tertiary alicyclic amines) is 1. The van der Waals surface area contributed by atoms with Crippen LogP contribution in [0.4, 0.5) is 5.82 Å². The highest BCUT2D eigenvalue weighted by Crippen LogP contribution is 2.26. The predicted molar refractivity (Wildman–Crippen MR) is 108 cm³/mol. The molecule has 140 valence electrons. The number of piperidine rings is 1. The number of nitrogen functional groups attached to an aromatic ring is 1. The molecule has 1 saturated heterocycles. The molecular weight excluding hydrogens is 338 g/mol. The molecule has 0 spiro atoms. The van der Waals surface area contributed by atoms with Crippen LogP contribution in [0.2, 0.25) is 0 Å². The molecule has 0 saturated carbocycles. The van der Waals surface area contributed by atoms with E-state index in [1.807, 2.05) is 54.6 Å². The first kappa shape index (κ1) is 17.6. The average molecular weight is 363 g/mol. The van der Waals surface area contributed by atoms with Crippen LogP contribution in [0.15, 0.2) is 60.8 Å². The second-order valence-electron chi connectivity index (χ2n) is 6.92. The summed E-state index contributed by atoms with van der Waals surface area (Å²) in [5.74, 6) is 2.37. The van der Waals surface area contributed by atoms with Crippen LogP contribution in [0.5, 0.6) is 11.5 Å². The summed E-state index contributed by atoms with van der Waals surface area (Å²) in [7, 11) is 0. The van der Waals surface area contributed by atoms with Crippen molar-refractivity contribution in [3.8, 4) is 11.5 Å². The van der Waals surface area contributed by atoms with E-state index in [0.717, 1.165) is 54.7 Å². The first-order valence-corrected chi connectivity index (χ1v) is 9.49. The minimum Gasteiger partial charge on any atom is -0.492 e. The highest BCUT2D eigenvalue weighted by atomic mass is 16.5. The lowest BCUT2D eigenvalue weighted by Crippen LogP contribution is -2.42. The van der Waals surface area contributed by atoms with Gasteiger partial charge in [0.2, 0.25) is 0 Å². The van der Waals surface area contributed by atoms with Gasteiger partial charge in [-0.15, -0.1) is 0 Å². The molecule has 1 aliphatic heterocycles. The first-order chi connectivity index (χ1) is 13.3. The maximum absolute atomic E-state index is 6.25. The molecule has 0 radical (unpaired) electrons. The van der Waals surface area contributed by atoms with Crippen LogP contribution in [-0.2, 0) is 0 Å². The van der Waals surface area contributed by atoms with E-state index < -0.39 is 0 Å². The topological polar surface area (TPSA) is 60.6 Å². The van der Waals surface area contributed by atoms with E-state index in [-0.39, 0.29) is 6.10 Å². The summed E-state index contributed by atoms with van der Waals surface area (Å²) >= 11 is 0. The lowest BCUT2D eigenvalue weighted by molar-refractivity contribution is 0.0795. The van der Waals surface area contributed by atoms with Crippen LogP contribution >= 0.6 is 0 Å². The zero-order chi connectivity index (χ0) is 18.5. The fourth-order valence-corrected chi connectivity index (χ4v) is 3.57. The number of hydrogen-bond donors (Lipinski definition) is 1. The summed E-state index contributed by atoms with van der Waals surface area (Å²) in [5, 5.41) is 2.03. The number of fused-ring (bicyclic) bond motifs is 1. The summed E-state index contributed by atoms with van der Waals surface area (Å²) in [6.45, 7) is 3.63. The van der Waals surface area contributed by atoms with Crippen molar-refractivity contribution < 1.29 is 9.47 Å². The van der Waals surface area contributed by atoms with Gasteiger partial charge in [0.1, 0.15) is 30.0 Å². The Labute approximate surface area is 159 Å². The number of aromatic nitrogens is 1. The second-order valence-corrected chi connectivity index (χ2v) is 6.92. The molecule has 2 aromatic carbocycles. The number of hydrogen-bond acceptors (Lipinski definition) is 5. The van der Waals surface area contributed by atoms with Gasteiger partial charge < -0.3 is 15.2 Å². The van der Waals surface area contributed by atoms with E-state index in [1.54, 1.807) is 6.20 Å². The third-order valence-corrected chi connectivity index (χ3v) is 4.95. The van der Waals surface area contributed by atoms with Gasteiger partial charge in [-0.2, -0.15) is 0 Å². The third kappa shape index (κ3) is 4.49. The molecule has 1 fully saturated rings. The molecule has 4 rings (SSSR count). The zero-order valence-electron chi connectivity index (χ0n) is 15.4. The minimum atomic E-state index is 0.201. The Kier molecular flexibility index (Phi) is 5.39. The van der Waals surface area contributed by atoms with Gasteiger partial charge in [-0.1, -0.05) is 18.2 Å². The number of para-hydroxylation sites is 1. The van der Waals surface area contributed by atoms with Crippen LogP contribution in [0.25, 0.3) is 10.8 Å². The molecule has 5 nitrogen and oxygen atoms in total. The van der Waals surface area contributed by atoms with Gasteiger partial charge in [-0.3, -0.25) is 4.90 Å². The van der Waals surface area contributed by atoms with Crippen molar-refractivity contribution >= 4 is 16.6 Å². The third-order valence-electron chi connectivity index (χ3n) is 4.95. The Morgan fingerprint density at radius 1 is 1.07 bits per heavy atom. The molecule has 2 N–H and O–H groups in total. The molecular formula is C22H25N3O2. The number of pyridine rings is 1. The number of benzene rings is 2.